The Hall–Kier alpha value is 0.0499. The van der Waals surface area contributed by atoms with Crippen LogP contribution in [0.25, 0.3) is 0 Å². The maximum Gasteiger partial charge on any atom is 0.112 e. The van der Waals surface area contributed by atoms with E-state index < -0.39 is 11.2 Å². The van der Waals surface area contributed by atoms with Crippen molar-refractivity contribution in [2.75, 3.05) is 0 Å². The first kappa shape index (κ1) is 15.1. The smallest absolute Gasteiger partial charge is 0.112 e. The Morgan fingerprint density at radius 1 is 0.824 bits per heavy atom. The quantitative estimate of drug-likeness (QED) is 0.612. The summed E-state index contributed by atoms with van der Waals surface area (Å²) >= 11 is 0. The monoisotopic (exact) mass is 238 g/mol. The van der Waals surface area contributed by atoms with E-state index in [4.69, 9.17) is 0 Å². The zero-order valence-corrected chi connectivity index (χ0v) is 13.0. The normalized spacial score (nSPS) is 59.0. The second-order valence-electron chi connectivity index (χ2n) is 7.91. The summed E-state index contributed by atoms with van der Waals surface area (Å²) < 4.78 is 0. The topological polar surface area (TPSA) is 40.5 Å². The molecular weight excluding hydrogens is 210 g/mol. The van der Waals surface area contributed by atoms with Gasteiger partial charge in [-0.05, 0) is 35.8 Å². The Labute approximate surface area is 108 Å². The summed E-state index contributed by atoms with van der Waals surface area (Å²) in [4.78, 5) is 0. The van der Waals surface area contributed by atoms with Crippen molar-refractivity contribution in [3.05, 3.63) is 0 Å². The highest BCUT2D eigenvalue weighted by Crippen LogP contribution is 2.72. The van der Waals surface area contributed by atoms with Gasteiger partial charge in [-0.1, -0.05) is 34.6 Å². The van der Waals surface area contributed by atoms with Crippen LogP contribution in [-0.4, -0.2) is 37.1 Å². The van der Waals surface area contributed by atoms with Crippen molar-refractivity contribution in [3.8, 4) is 0 Å². The van der Waals surface area contributed by atoms with E-state index >= 15 is 0 Å². The predicted octanol–water partition coefficient (Wildman–Crippen LogP) is 0.788. The highest BCUT2D eigenvalue weighted by Gasteiger charge is 2.69. The van der Waals surface area contributed by atoms with Crippen molar-refractivity contribution in [1.82, 2.24) is 0 Å². The molecule has 0 aromatic carbocycles. The summed E-state index contributed by atoms with van der Waals surface area (Å²) in [6, 6.07) is 0. The van der Waals surface area contributed by atoms with Gasteiger partial charge in [0.05, 0.1) is 11.2 Å². The van der Waals surface area contributed by atoms with E-state index in [0.717, 1.165) is 0 Å². The minimum atomic E-state index is -0.828. The highest BCUT2D eigenvalue weighted by molar-refractivity contribution is 6.27. The van der Waals surface area contributed by atoms with Crippen molar-refractivity contribution in [2.45, 2.75) is 70.3 Å². The molecule has 0 aliphatic heterocycles. The number of rotatable bonds is 0. The molecule has 5 unspecified atom stereocenters. The van der Waals surface area contributed by atoms with Crippen molar-refractivity contribution in [1.29, 1.82) is 0 Å². The molecule has 4 heteroatoms. The first-order valence-corrected chi connectivity index (χ1v) is 6.60. The molecule has 0 heterocycles. The summed E-state index contributed by atoms with van der Waals surface area (Å²) in [5, 5.41) is 21.3. The molecule has 1 aliphatic rings. The van der Waals surface area contributed by atoms with E-state index in [2.05, 4.69) is 43.4 Å². The molecule has 0 radical (unpaired) electrons. The van der Waals surface area contributed by atoms with Crippen LogP contribution in [0.1, 0.15) is 48.5 Å². The van der Waals surface area contributed by atoms with Gasteiger partial charge in [-0.25, -0.2) is 0 Å². The summed E-state index contributed by atoms with van der Waals surface area (Å²) in [6.45, 7) is 14.1. The molecule has 17 heavy (non-hydrogen) atoms. The summed E-state index contributed by atoms with van der Waals surface area (Å²) in [5.74, 6) is 0.0213. The number of hydrogen-bond acceptors (Lipinski definition) is 2. The van der Waals surface area contributed by atoms with E-state index in [0.29, 0.717) is 0 Å². The van der Waals surface area contributed by atoms with Gasteiger partial charge in [-0.15, -0.1) is 0 Å². The third kappa shape index (κ3) is 1.37. The van der Waals surface area contributed by atoms with Gasteiger partial charge in [0.1, 0.15) is 15.7 Å². The van der Waals surface area contributed by atoms with Crippen LogP contribution in [0.15, 0.2) is 0 Å². The lowest BCUT2D eigenvalue weighted by molar-refractivity contribution is -0.224. The van der Waals surface area contributed by atoms with Gasteiger partial charge in [0.15, 0.2) is 0 Å². The highest BCUT2D eigenvalue weighted by atomic mass is 16.3. The average molecular weight is 238 g/mol. The van der Waals surface area contributed by atoms with Crippen LogP contribution in [0.3, 0.4) is 0 Å². The third-order valence-corrected chi connectivity index (χ3v) is 7.23. The van der Waals surface area contributed by atoms with E-state index in [1.165, 1.54) is 0 Å². The van der Waals surface area contributed by atoms with Crippen molar-refractivity contribution >= 4 is 15.7 Å². The van der Waals surface area contributed by atoms with Crippen molar-refractivity contribution < 1.29 is 10.2 Å². The maximum atomic E-state index is 11.1. The largest absolute Gasteiger partial charge is 0.390 e. The Morgan fingerprint density at radius 2 is 1.18 bits per heavy atom. The van der Waals surface area contributed by atoms with Gasteiger partial charge in [0.2, 0.25) is 0 Å². The molecule has 1 rings (SSSR count). The fourth-order valence-electron chi connectivity index (χ4n) is 3.71. The molecule has 98 valence electrons. The summed E-state index contributed by atoms with van der Waals surface area (Å²) in [5.41, 5.74) is -1.97. The van der Waals surface area contributed by atoms with Crippen LogP contribution in [-0.2, 0) is 0 Å². The second-order valence-corrected chi connectivity index (χ2v) is 7.91. The minimum Gasteiger partial charge on any atom is -0.390 e. The lowest BCUT2D eigenvalue weighted by Crippen LogP contribution is -2.70. The van der Waals surface area contributed by atoms with Gasteiger partial charge in [0.25, 0.3) is 0 Å². The summed E-state index contributed by atoms with van der Waals surface area (Å²) in [6.07, 6.45) is 0. The SMILES string of the molecule is BC1(C)C(C)(O)C(C)C(C)(C)C(C)(O)C1(B)C. The molecule has 0 bridgehead atoms. The predicted molar refractivity (Wildman–Crippen MR) is 78.0 cm³/mol. The second kappa shape index (κ2) is 3.33. The first-order valence-electron chi connectivity index (χ1n) is 6.60. The van der Waals surface area contributed by atoms with Gasteiger partial charge in [-0.2, -0.15) is 0 Å². The lowest BCUT2D eigenvalue weighted by Gasteiger charge is -2.70. The Morgan fingerprint density at radius 3 is 1.53 bits per heavy atom. The van der Waals surface area contributed by atoms with E-state index in [1.54, 1.807) is 0 Å². The molecule has 5 atom stereocenters. The fourth-order valence-corrected chi connectivity index (χ4v) is 3.71. The van der Waals surface area contributed by atoms with E-state index in [1.807, 2.05) is 20.8 Å². The molecular formula is C13H28B2O2. The molecule has 1 saturated carbocycles. The Bertz CT molecular complexity index is 300. The molecule has 0 aromatic heterocycles. The first-order chi connectivity index (χ1) is 7.15. The maximum absolute atomic E-state index is 11.1. The number of aliphatic hydroxyl groups is 2. The fraction of sp³-hybridized carbons (Fsp3) is 1.00. The molecule has 0 aromatic rings. The van der Waals surface area contributed by atoms with E-state index in [9.17, 15) is 10.2 Å². The number of hydrogen-bond donors (Lipinski definition) is 2. The van der Waals surface area contributed by atoms with Crippen LogP contribution in [0, 0.1) is 11.3 Å². The standard InChI is InChI=1S/C13H28B2O2/c1-8-9(2,3)13(7,17)12(6,15)11(5,14)10(8,4)16/h8,16-17H,14-15H2,1-7H3. The molecule has 0 amide bonds. The lowest BCUT2D eigenvalue weighted by atomic mass is 9.27. The third-order valence-electron chi connectivity index (χ3n) is 7.23. The zero-order valence-electron chi connectivity index (χ0n) is 13.0. The van der Waals surface area contributed by atoms with Crippen LogP contribution in [0.5, 0.6) is 0 Å². The summed E-state index contributed by atoms with van der Waals surface area (Å²) in [7, 11) is 4.13. The van der Waals surface area contributed by atoms with Gasteiger partial charge in [-0.3, -0.25) is 0 Å². The van der Waals surface area contributed by atoms with Crippen molar-refractivity contribution in [3.63, 3.8) is 0 Å². The molecule has 2 nitrogen and oxygen atoms in total. The van der Waals surface area contributed by atoms with Crippen molar-refractivity contribution in [2.24, 2.45) is 11.3 Å². The molecule has 2 N–H and O–H groups in total. The van der Waals surface area contributed by atoms with Crippen LogP contribution in [0.2, 0.25) is 10.6 Å². The van der Waals surface area contributed by atoms with Crippen LogP contribution in [0.4, 0.5) is 0 Å². The Kier molecular flexibility index (Phi) is 2.96. The molecule has 0 spiro atoms. The molecule has 1 aliphatic carbocycles. The van der Waals surface area contributed by atoms with Crippen LogP contribution >= 0.6 is 0 Å². The van der Waals surface area contributed by atoms with Gasteiger partial charge < -0.3 is 10.2 Å². The van der Waals surface area contributed by atoms with Crippen LogP contribution < -0.4 is 0 Å². The molecule has 1 fully saturated rings. The molecule has 0 saturated heterocycles. The Balaban J connectivity index is 3.56. The van der Waals surface area contributed by atoms with E-state index in [-0.39, 0.29) is 22.0 Å². The average Bonchev–Trinajstić information content (AvgIpc) is 2.13. The van der Waals surface area contributed by atoms with Gasteiger partial charge in [0, 0.05) is 0 Å². The van der Waals surface area contributed by atoms with Gasteiger partial charge >= 0.3 is 0 Å². The minimum absolute atomic E-state index is 0.0213. The zero-order chi connectivity index (χ0) is 14.1.